The predicted molar refractivity (Wildman–Crippen MR) is 78.1 cm³/mol. The summed E-state index contributed by atoms with van der Waals surface area (Å²) in [5.41, 5.74) is 5.35. The molecule has 1 amide bonds. The van der Waals surface area contributed by atoms with Crippen molar-refractivity contribution in [1.82, 2.24) is 5.32 Å². The van der Waals surface area contributed by atoms with Gasteiger partial charge in [0.15, 0.2) is 0 Å². The standard InChI is InChI=1S/C13H19ClN2OS/c1-2-8-16-11(13(15)17)7-9-18-12-6-4-3-5-10(12)14/h3-6,11,16H,2,7-9H2,1H3,(H2,15,17). The first kappa shape index (κ1) is 15.3. The number of carbonyl (C=O) groups excluding carboxylic acids is 1. The summed E-state index contributed by atoms with van der Waals surface area (Å²) in [5.74, 6) is 0.525. The molecule has 3 N–H and O–H groups in total. The van der Waals surface area contributed by atoms with Crippen molar-refractivity contribution in [2.24, 2.45) is 5.73 Å². The Morgan fingerprint density at radius 3 is 2.83 bits per heavy atom. The van der Waals surface area contributed by atoms with Gasteiger partial charge in [-0.15, -0.1) is 11.8 Å². The van der Waals surface area contributed by atoms with Crippen molar-refractivity contribution in [3.8, 4) is 0 Å². The highest BCUT2D eigenvalue weighted by molar-refractivity contribution is 7.99. The molecule has 1 atom stereocenters. The van der Waals surface area contributed by atoms with E-state index in [2.05, 4.69) is 12.2 Å². The fourth-order valence-corrected chi connectivity index (χ4v) is 2.77. The van der Waals surface area contributed by atoms with Gasteiger partial charge in [-0.25, -0.2) is 0 Å². The van der Waals surface area contributed by atoms with Crippen LogP contribution in [0.25, 0.3) is 0 Å². The zero-order chi connectivity index (χ0) is 13.4. The summed E-state index contributed by atoms with van der Waals surface area (Å²) in [7, 11) is 0. The number of hydrogen-bond acceptors (Lipinski definition) is 3. The lowest BCUT2D eigenvalue weighted by Crippen LogP contribution is -2.41. The molecule has 1 aromatic rings. The van der Waals surface area contributed by atoms with Crippen molar-refractivity contribution >= 4 is 29.3 Å². The minimum absolute atomic E-state index is 0.250. The lowest BCUT2D eigenvalue weighted by atomic mass is 10.2. The number of hydrogen-bond donors (Lipinski definition) is 2. The van der Waals surface area contributed by atoms with Crippen LogP contribution in [0.4, 0.5) is 0 Å². The number of nitrogens with one attached hydrogen (secondary N) is 1. The molecular formula is C13H19ClN2OS. The van der Waals surface area contributed by atoms with Gasteiger partial charge in [0.05, 0.1) is 11.1 Å². The Morgan fingerprint density at radius 2 is 2.22 bits per heavy atom. The molecule has 0 fully saturated rings. The molecule has 0 saturated heterocycles. The maximum Gasteiger partial charge on any atom is 0.234 e. The molecule has 1 aromatic carbocycles. The van der Waals surface area contributed by atoms with E-state index in [4.69, 9.17) is 17.3 Å². The van der Waals surface area contributed by atoms with E-state index >= 15 is 0 Å². The molecule has 0 radical (unpaired) electrons. The maximum absolute atomic E-state index is 11.2. The molecule has 0 saturated carbocycles. The van der Waals surface area contributed by atoms with Crippen LogP contribution >= 0.6 is 23.4 Å². The number of thioether (sulfide) groups is 1. The molecule has 3 nitrogen and oxygen atoms in total. The van der Waals surface area contributed by atoms with Crippen molar-refractivity contribution in [2.45, 2.75) is 30.7 Å². The molecule has 0 spiro atoms. The van der Waals surface area contributed by atoms with Crippen LogP contribution in [-0.4, -0.2) is 24.2 Å². The van der Waals surface area contributed by atoms with E-state index in [1.165, 1.54) is 0 Å². The third kappa shape index (κ3) is 5.29. The molecule has 18 heavy (non-hydrogen) atoms. The van der Waals surface area contributed by atoms with Gasteiger partial charge in [0.25, 0.3) is 0 Å². The van der Waals surface area contributed by atoms with Crippen LogP contribution in [0.2, 0.25) is 5.02 Å². The zero-order valence-electron chi connectivity index (χ0n) is 10.5. The maximum atomic E-state index is 11.2. The number of primary amides is 1. The third-order valence-corrected chi connectivity index (χ3v) is 4.03. The topological polar surface area (TPSA) is 55.1 Å². The molecule has 0 aromatic heterocycles. The van der Waals surface area contributed by atoms with Gasteiger partial charge in [0.2, 0.25) is 5.91 Å². The van der Waals surface area contributed by atoms with Crippen LogP contribution in [0.3, 0.4) is 0 Å². The number of halogens is 1. The van der Waals surface area contributed by atoms with E-state index in [1.54, 1.807) is 11.8 Å². The first-order valence-corrected chi connectivity index (χ1v) is 7.41. The molecule has 5 heteroatoms. The van der Waals surface area contributed by atoms with Gasteiger partial charge in [-0.2, -0.15) is 0 Å². The highest BCUT2D eigenvalue weighted by Gasteiger charge is 2.13. The highest BCUT2D eigenvalue weighted by Crippen LogP contribution is 2.27. The summed E-state index contributed by atoms with van der Waals surface area (Å²) < 4.78 is 0. The minimum Gasteiger partial charge on any atom is -0.368 e. The van der Waals surface area contributed by atoms with Crippen molar-refractivity contribution < 1.29 is 4.79 Å². The number of carbonyl (C=O) groups is 1. The van der Waals surface area contributed by atoms with Crippen molar-refractivity contribution in [3.63, 3.8) is 0 Å². The summed E-state index contributed by atoms with van der Waals surface area (Å²) in [6, 6.07) is 7.45. The largest absolute Gasteiger partial charge is 0.368 e. The molecule has 0 aliphatic carbocycles. The molecule has 1 unspecified atom stereocenters. The molecule has 0 aliphatic rings. The van der Waals surface area contributed by atoms with E-state index in [0.29, 0.717) is 6.42 Å². The zero-order valence-corrected chi connectivity index (χ0v) is 12.1. The second-order valence-electron chi connectivity index (χ2n) is 3.98. The second-order valence-corrected chi connectivity index (χ2v) is 5.52. The first-order valence-electron chi connectivity index (χ1n) is 6.05. The van der Waals surface area contributed by atoms with Gasteiger partial charge in [-0.3, -0.25) is 4.79 Å². The van der Waals surface area contributed by atoms with E-state index < -0.39 is 0 Å². The Kier molecular flexibility index (Phi) is 7.16. The SMILES string of the molecule is CCCNC(CCSc1ccccc1Cl)C(N)=O. The van der Waals surface area contributed by atoms with E-state index in [1.807, 2.05) is 24.3 Å². The summed E-state index contributed by atoms with van der Waals surface area (Å²) in [4.78, 5) is 12.3. The lowest BCUT2D eigenvalue weighted by molar-refractivity contribution is -0.120. The van der Waals surface area contributed by atoms with Crippen LogP contribution in [0.1, 0.15) is 19.8 Å². The van der Waals surface area contributed by atoms with Gasteiger partial charge in [-0.05, 0) is 31.5 Å². The van der Waals surface area contributed by atoms with Crippen LogP contribution < -0.4 is 11.1 Å². The number of rotatable bonds is 8. The van der Waals surface area contributed by atoms with Crippen LogP contribution in [-0.2, 0) is 4.79 Å². The van der Waals surface area contributed by atoms with Crippen LogP contribution in [0.5, 0.6) is 0 Å². The Bertz CT molecular complexity index is 387. The summed E-state index contributed by atoms with van der Waals surface area (Å²) in [6.45, 7) is 2.87. The average molecular weight is 287 g/mol. The molecular weight excluding hydrogens is 268 g/mol. The normalized spacial score (nSPS) is 12.3. The quantitative estimate of drug-likeness (QED) is 0.723. The fourth-order valence-electron chi connectivity index (χ4n) is 1.51. The van der Waals surface area contributed by atoms with Gasteiger partial charge < -0.3 is 11.1 Å². The van der Waals surface area contributed by atoms with E-state index in [-0.39, 0.29) is 11.9 Å². The molecule has 0 bridgehead atoms. The fraction of sp³-hybridized carbons (Fsp3) is 0.462. The summed E-state index contributed by atoms with van der Waals surface area (Å²) >= 11 is 7.70. The Labute approximate surface area is 117 Å². The monoisotopic (exact) mass is 286 g/mol. The number of benzene rings is 1. The molecule has 0 heterocycles. The Morgan fingerprint density at radius 1 is 1.50 bits per heavy atom. The van der Waals surface area contributed by atoms with Crippen LogP contribution in [0, 0.1) is 0 Å². The van der Waals surface area contributed by atoms with Gasteiger partial charge in [0.1, 0.15) is 0 Å². The first-order chi connectivity index (χ1) is 8.65. The Hall–Kier alpha value is -0.710. The van der Waals surface area contributed by atoms with Crippen molar-refractivity contribution in [2.75, 3.05) is 12.3 Å². The third-order valence-electron chi connectivity index (χ3n) is 2.48. The van der Waals surface area contributed by atoms with E-state index in [0.717, 1.165) is 28.6 Å². The number of amides is 1. The van der Waals surface area contributed by atoms with E-state index in [9.17, 15) is 4.79 Å². The molecule has 0 aliphatic heterocycles. The van der Waals surface area contributed by atoms with Gasteiger partial charge in [0, 0.05) is 10.6 Å². The predicted octanol–water partition coefficient (Wildman–Crippen LogP) is 2.68. The smallest absolute Gasteiger partial charge is 0.234 e. The summed E-state index contributed by atoms with van der Waals surface area (Å²) in [5, 5.41) is 3.90. The van der Waals surface area contributed by atoms with Gasteiger partial charge >= 0.3 is 0 Å². The van der Waals surface area contributed by atoms with Crippen molar-refractivity contribution in [3.05, 3.63) is 29.3 Å². The van der Waals surface area contributed by atoms with Crippen molar-refractivity contribution in [1.29, 1.82) is 0 Å². The highest BCUT2D eigenvalue weighted by atomic mass is 35.5. The number of nitrogens with two attached hydrogens (primary N) is 1. The lowest BCUT2D eigenvalue weighted by Gasteiger charge is -2.14. The Balaban J connectivity index is 2.39. The summed E-state index contributed by atoms with van der Waals surface area (Å²) in [6.07, 6.45) is 1.70. The minimum atomic E-state index is -0.289. The van der Waals surface area contributed by atoms with Gasteiger partial charge in [-0.1, -0.05) is 30.7 Å². The second kappa shape index (κ2) is 8.40. The average Bonchev–Trinajstić information content (AvgIpc) is 2.35. The molecule has 1 rings (SSSR count). The van der Waals surface area contributed by atoms with Crippen LogP contribution in [0.15, 0.2) is 29.2 Å². The molecule has 100 valence electrons.